The summed E-state index contributed by atoms with van der Waals surface area (Å²) in [5, 5.41) is 0. The molecule has 0 bridgehead atoms. The van der Waals surface area contributed by atoms with Gasteiger partial charge in [0.25, 0.3) is 0 Å². The zero-order chi connectivity index (χ0) is 20.5. The summed E-state index contributed by atoms with van der Waals surface area (Å²) in [5.74, 6) is 0. The van der Waals surface area contributed by atoms with Gasteiger partial charge in [0.05, 0.1) is 17.2 Å². The van der Waals surface area contributed by atoms with E-state index in [0.717, 1.165) is 40.9 Å². The average Bonchev–Trinajstić information content (AvgIpc) is 3.23. The van der Waals surface area contributed by atoms with Crippen molar-refractivity contribution in [2.24, 2.45) is 0 Å². The van der Waals surface area contributed by atoms with Crippen LogP contribution in [0.25, 0.3) is 27.8 Å². The van der Waals surface area contributed by atoms with Crippen LogP contribution < -0.4 is 5.69 Å². The number of para-hydroxylation sites is 1. The van der Waals surface area contributed by atoms with E-state index < -0.39 is 0 Å². The molecule has 152 valence electrons. The molecule has 0 spiro atoms. The average molecular weight is 399 g/mol. The first-order valence-corrected chi connectivity index (χ1v) is 10.6. The van der Waals surface area contributed by atoms with Crippen LogP contribution in [-0.4, -0.2) is 37.1 Å². The topological polar surface area (TPSA) is 56.0 Å². The number of hydrogen-bond acceptors (Lipinski definition) is 4. The number of nitrogens with zero attached hydrogens (tertiary/aromatic N) is 5. The Balaban J connectivity index is 1.50. The number of hydrogen-bond donors (Lipinski definition) is 0. The van der Waals surface area contributed by atoms with Gasteiger partial charge in [-0.25, -0.2) is 14.8 Å². The summed E-state index contributed by atoms with van der Waals surface area (Å²) in [6, 6.07) is 16.4. The van der Waals surface area contributed by atoms with Crippen LogP contribution in [0.5, 0.6) is 0 Å². The predicted molar refractivity (Wildman–Crippen MR) is 119 cm³/mol. The van der Waals surface area contributed by atoms with Gasteiger partial charge in [0.2, 0.25) is 0 Å². The van der Waals surface area contributed by atoms with Crippen LogP contribution in [0.4, 0.5) is 0 Å². The Morgan fingerprint density at radius 2 is 1.73 bits per heavy atom. The molecular formula is C24H25N5O. The molecule has 0 saturated carbocycles. The second kappa shape index (κ2) is 7.88. The number of fused-ring (bicyclic) bond motifs is 1. The van der Waals surface area contributed by atoms with Gasteiger partial charge in [-0.2, -0.15) is 0 Å². The first-order valence-electron chi connectivity index (χ1n) is 10.6. The number of rotatable bonds is 4. The van der Waals surface area contributed by atoms with Gasteiger partial charge in [-0.3, -0.25) is 14.0 Å². The normalized spacial score (nSPS) is 16.0. The number of benzene rings is 2. The Morgan fingerprint density at radius 1 is 0.933 bits per heavy atom. The fraction of sp³-hybridized carbons (Fsp3) is 0.292. The predicted octanol–water partition coefficient (Wildman–Crippen LogP) is 4.25. The standard InChI is InChI=1S/C24H25N5O/c1-18(27-12-6-3-7-13-27)28-16-20(15-25-24(28)30)19-10-11-23-22(14-19)26-17-29(23)21-8-4-2-5-9-21/h2,4-5,8-11,14-18H,3,6-7,12-13H2,1H3. The maximum atomic E-state index is 12.5. The summed E-state index contributed by atoms with van der Waals surface area (Å²) in [5.41, 5.74) is 4.78. The molecule has 2 aromatic carbocycles. The van der Waals surface area contributed by atoms with Crippen molar-refractivity contribution in [1.82, 2.24) is 24.0 Å². The van der Waals surface area contributed by atoms with Gasteiger partial charge >= 0.3 is 5.69 Å². The van der Waals surface area contributed by atoms with E-state index in [9.17, 15) is 4.79 Å². The van der Waals surface area contributed by atoms with Crippen LogP contribution in [0.3, 0.4) is 0 Å². The van der Waals surface area contributed by atoms with E-state index in [2.05, 4.69) is 56.7 Å². The first-order chi connectivity index (χ1) is 14.7. The summed E-state index contributed by atoms with van der Waals surface area (Å²) >= 11 is 0. The highest BCUT2D eigenvalue weighted by molar-refractivity contribution is 5.83. The molecule has 4 aromatic rings. The number of likely N-dealkylation sites (tertiary alicyclic amines) is 1. The minimum Gasteiger partial charge on any atom is -0.299 e. The van der Waals surface area contributed by atoms with Gasteiger partial charge in [0, 0.05) is 36.7 Å². The zero-order valence-corrected chi connectivity index (χ0v) is 17.1. The van der Waals surface area contributed by atoms with Gasteiger partial charge in [-0.1, -0.05) is 30.7 Å². The molecule has 2 aromatic heterocycles. The fourth-order valence-electron chi connectivity index (χ4n) is 4.30. The van der Waals surface area contributed by atoms with Crippen molar-refractivity contribution in [3.05, 3.63) is 77.7 Å². The molecule has 0 N–H and O–H groups in total. The molecular weight excluding hydrogens is 374 g/mol. The van der Waals surface area contributed by atoms with Crippen LogP contribution in [0.2, 0.25) is 0 Å². The molecule has 0 radical (unpaired) electrons. The van der Waals surface area contributed by atoms with Crippen molar-refractivity contribution in [2.75, 3.05) is 13.1 Å². The van der Waals surface area contributed by atoms with Crippen molar-refractivity contribution in [2.45, 2.75) is 32.4 Å². The molecule has 3 heterocycles. The largest absolute Gasteiger partial charge is 0.348 e. The lowest BCUT2D eigenvalue weighted by Crippen LogP contribution is -2.39. The van der Waals surface area contributed by atoms with Crippen molar-refractivity contribution < 1.29 is 0 Å². The Kier molecular flexibility index (Phi) is 4.93. The highest BCUT2D eigenvalue weighted by Gasteiger charge is 2.19. The van der Waals surface area contributed by atoms with E-state index in [1.54, 1.807) is 10.8 Å². The molecule has 6 nitrogen and oxygen atoms in total. The van der Waals surface area contributed by atoms with Crippen LogP contribution >= 0.6 is 0 Å². The lowest BCUT2D eigenvalue weighted by atomic mass is 10.1. The second-order valence-electron chi connectivity index (χ2n) is 7.91. The van der Waals surface area contributed by atoms with Gasteiger partial charge in [-0.05, 0) is 49.6 Å². The van der Waals surface area contributed by atoms with Crippen molar-refractivity contribution in [3.8, 4) is 16.8 Å². The van der Waals surface area contributed by atoms with E-state index in [1.165, 1.54) is 19.3 Å². The third kappa shape index (κ3) is 3.44. The first kappa shape index (κ1) is 18.8. The highest BCUT2D eigenvalue weighted by atomic mass is 16.1. The molecule has 0 aliphatic carbocycles. The fourth-order valence-corrected chi connectivity index (χ4v) is 4.30. The summed E-state index contributed by atoms with van der Waals surface area (Å²) in [6.07, 6.45) is 9.10. The Hall–Kier alpha value is -3.25. The quantitative estimate of drug-likeness (QED) is 0.515. The van der Waals surface area contributed by atoms with Crippen LogP contribution in [0.1, 0.15) is 32.4 Å². The Bertz CT molecular complexity index is 1220. The SMILES string of the molecule is CC(N1CCCCC1)n1cc(-c2ccc3c(c2)ncn3-c2ccccc2)cnc1=O. The summed E-state index contributed by atoms with van der Waals surface area (Å²) in [7, 11) is 0. The lowest BCUT2D eigenvalue weighted by molar-refractivity contribution is 0.123. The van der Waals surface area contributed by atoms with Gasteiger partial charge in [0.15, 0.2) is 0 Å². The molecule has 1 aliphatic heterocycles. The third-order valence-electron chi connectivity index (χ3n) is 6.05. The molecule has 1 unspecified atom stereocenters. The molecule has 0 amide bonds. The summed E-state index contributed by atoms with van der Waals surface area (Å²) < 4.78 is 3.84. The molecule has 1 atom stereocenters. The number of piperidine rings is 1. The van der Waals surface area contributed by atoms with Crippen molar-refractivity contribution in [1.29, 1.82) is 0 Å². The zero-order valence-electron chi connectivity index (χ0n) is 17.1. The third-order valence-corrected chi connectivity index (χ3v) is 6.05. The Morgan fingerprint density at radius 3 is 2.53 bits per heavy atom. The Labute approximate surface area is 175 Å². The maximum Gasteiger partial charge on any atom is 0.348 e. The molecule has 1 fully saturated rings. The minimum atomic E-state index is -0.203. The van der Waals surface area contributed by atoms with Crippen LogP contribution in [-0.2, 0) is 0 Å². The van der Waals surface area contributed by atoms with Crippen LogP contribution in [0.15, 0.2) is 72.0 Å². The molecule has 6 heteroatoms. The van der Waals surface area contributed by atoms with Crippen molar-refractivity contribution >= 4 is 11.0 Å². The van der Waals surface area contributed by atoms with Gasteiger partial charge in [-0.15, -0.1) is 0 Å². The van der Waals surface area contributed by atoms with E-state index in [0.29, 0.717) is 0 Å². The van der Waals surface area contributed by atoms with Crippen LogP contribution in [0, 0.1) is 0 Å². The second-order valence-corrected chi connectivity index (χ2v) is 7.91. The molecule has 1 saturated heterocycles. The molecule has 5 rings (SSSR count). The smallest absolute Gasteiger partial charge is 0.299 e. The van der Waals surface area contributed by atoms with Gasteiger partial charge < -0.3 is 0 Å². The van der Waals surface area contributed by atoms with E-state index in [-0.39, 0.29) is 11.9 Å². The summed E-state index contributed by atoms with van der Waals surface area (Å²) in [6.45, 7) is 4.14. The number of imidazole rings is 1. The summed E-state index contributed by atoms with van der Waals surface area (Å²) in [4.78, 5) is 23.6. The van der Waals surface area contributed by atoms with E-state index in [4.69, 9.17) is 0 Å². The molecule has 30 heavy (non-hydrogen) atoms. The molecule has 1 aliphatic rings. The number of aromatic nitrogens is 4. The monoisotopic (exact) mass is 399 g/mol. The lowest BCUT2D eigenvalue weighted by Gasteiger charge is -2.33. The highest BCUT2D eigenvalue weighted by Crippen LogP contribution is 2.26. The van der Waals surface area contributed by atoms with E-state index in [1.807, 2.05) is 30.7 Å². The van der Waals surface area contributed by atoms with Gasteiger partial charge in [0.1, 0.15) is 6.33 Å². The van der Waals surface area contributed by atoms with Crippen molar-refractivity contribution in [3.63, 3.8) is 0 Å². The minimum absolute atomic E-state index is 0.00581. The maximum absolute atomic E-state index is 12.5. The van der Waals surface area contributed by atoms with E-state index >= 15 is 0 Å².